The second-order valence-corrected chi connectivity index (χ2v) is 17.9. The summed E-state index contributed by atoms with van der Waals surface area (Å²) < 4.78 is 0. The van der Waals surface area contributed by atoms with E-state index in [4.69, 9.17) is 0 Å². The summed E-state index contributed by atoms with van der Waals surface area (Å²) in [5.74, 6) is -0.0752. The zero-order valence-electron chi connectivity index (χ0n) is 41.6. The second kappa shape index (κ2) is 53.6. The smallest absolute Gasteiger partial charge is 0.220 e. The van der Waals surface area contributed by atoms with Crippen LogP contribution in [0.1, 0.15) is 251 Å². The van der Waals surface area contributed by atoms with Crippen LogP contribution in [0, 0.1) is 0 Å². The van der Waals surface area contributed by atoms with Crippen molar-refractivity contribution in [3.05, 3.63) is 97.2 Å². The molecule has 0 radical (unpaired) electrons. The molecule has 0 aromatic heterocycles. The molecule has 0 fully saturated rings. The van der Waals surface area contributed by atoms with Gasteiger partial charge < -0.3 is 15.5 Å². The molecule has 0 aromatic rings. The van der Waals surface area contributed by atoms with Gasteiger partial charge in [-0.15, -0.1) is 0 Å². The summed E-state index contributed by atoms with van der Waals surface area (Å²) in [5.41, 5.74) is 0. The Morgan fingerprint density at radius 3 is 1.11 bits per heavy atom. The molecule has 4 nitrogen and oxygen atoms in total. The van der Waals surface area contributed by atoms with Crippen molar-refractivity contribution in [3.63, 3.8) is 0 Å². The molecule has 0 aromatic carbocycles. The Kier molecular flexibility index (Phi) is 51.4. The fourth-order valence-corrected chi connectivity index (χ4v) is 7.73. The van der Waals surface area contributed by atoms with E-state index < -0.39 is 12.1 Å². The lowest BCUT2D eigenvalue weighted by Crippen LogP contribution is -2.45. The van der Waals surface area contributed by atoms with Crippen molar-refractivity contribution >= 4 is 5.91 Å². The molecule has 0 saturated heterocycles. The summed E-state index contributed by atoms with van der Waals surface area (Å²) in [6, 6.07) is -0.641. The normalized spacial score (nSPS) is 13.7. The number of rotatable bonds is 48. The van der Waals surface area contributed by atoms with Crippen molar-refractivity contribution in [1.82, 2.24) is 5.32 Å². The van der Waals surface area contributed by atoms with Gasteiger partial charge in [0.15, 0.2) is 0 Å². The maximum atomic E-state index is 12.4. The van der Waals surface area contributed by atoms with Crippen LogP contribution in [0.3, 0.4) is 0 Å². The molecule has 1 amide bonds. The van der Waals surface area contributed by atoms with Crippen LogP contribution in [0.2, 0.25) is 0 Å². The van der Waals surface area contributed by atoms with Crippen LogP contribution >= 0.6 is 0 Å². The fourth-order valence-electron chi connectivity index (χ4n) is 7.73. The molecular formula is C59H103NO3. The van der Waals surface area contributed by atoms with E-state index in [1.165, 1.54) is 161 Å². The van der Waals surface area contributed by atoms with E-state index >= 15 is 0 Å². The van der Waals surface area contributed by atoms with Gasteiger partial charge in [0.25, 0.3) is 0 Å². The molecule has 2 unspecified atom stereocenters. The molecule has 0 aliphatic carbocycles. The van der Waals surface area contributed by atoms with Gasteiger partial charge in [0, 0.05) is 6.42 Å². The molecule has 0 aliphatic rings. The first-order valence-electron chi connectivity index (χ1n) is 27.0. The minimum atomic E-state index is -0.864. The molecule has 0 aliphatic heterocycles. The number of allylic oxidation sites excluding steroid dienone is 15. The SMILES string of the molecule is CC/C=C\C/C=C\C/C=C\C/C=C\C/C=C\C/C=C\CCCCCCCCCCCCCCCCCCCCC(=O)NC(CO)C(O)/C=C/CC/C=C/CCCCCCCCCC. The molecular weight excluding hydrogens is 771 g/mol. The highest BCUT2D eigenvalue weighted by atomic mass is 16.3. The molecule has 0 spiro atoms. The maximum Gasteiger partial charge on any atom is 0.220 e. The Bertz CT molecular complexity index is 1170. The number of nitrogens with one attached hydrogen (secondary N) is 1. The number of amides is 1. The van der Waals surface area contributed by atoms with E-state index in [0.717, 1.165) is 70.6 Å². The number of aliphatic hydroxyl groups is 2. The first-order chi connectivity index (χ1) is 31.2. The van der Waals surface area contributed by atoms with Gasteiger partial charge in [-0.3, -0.25) is 4.79 Å². The number of aliphatic hydroxyl groups excluding tert-OH is 2. The zero-order chi connectivity index (χ0) is 45.6. The molecule has 362 valence electrons. The largest absolute Gasteiger partial charge is 0.394 e. The van der Waals surface area contributed by atoms with E-state index in [0.29, 0.717) is 6.42 Å². The standard InChI is InChI=1S/C59H103NO3/c1-3-5-7-9-11-13-15-17-19-20-21-22-23-24-25-26-27-28-29-30-31-32-33-34-35-36-37-38-39-40-41-43-45-47-49-51-53-55-59(63)60-57(56-61)58(62)54-52-50-48-46-44-42-18-16-14-12-10-8-6-4-2/h5,7,11,13,17,19,21-22,24-25,27-28,44,46,52,54,57-58,61-62H,3-4,6,8-10,12,14-16,18,20,23,26,29-43,45,47-51,53,55-56H2,1-2H3,(H,60,63)/b7-5-,13-11-,19-17-,22-21-,25-24-,28-27-,46-44+,54-52+. The van der Waals surface area contributed by atoms with Crippen molar-refractivity contribution in [2.24, 2.45) is 0 Å². The van der Waals surface area contributed by atoms with Gasteiger partial charge in [0.1, 0.15) is 0 Å². The molecule has 0 rings (SSSR count). The highest BCUT2D eigenvalue weighted by Gasteiger charge is 2.17. The zero-order valence-corrected chi connectivity index (χ0v) is 41.6. The third-order valence-corrected chi connectivity index (χ3v) is 11.8. The lowest BCUT2D eigenvalue weighted by Gasteiger charge is -2.19. The van der Waals surface area contributed by atoms with Crippen LogP contribution in [-0.4, -0.2) is 34.9 Å². The quantitative estimate of drug-likeness (QED) is 0.0421. The number of unbranched alkanes of at least 4 members (excludes halogenated alkanes) is 27. The van der Waals surface area contributed by atoms with Gasteiger partial charge in [-0.1, -0.05) is 259 Å². The summed E-state index contributed by atoms with van der Waals surface area (Å²) in [6.07, 6.45) is 79.9. The Balaban J connectivity index is 3.50. The minimum Gasteiger partial charge on any atom is -0.394 e. The molecule has 0 bridgehead atoms. The average Bonchev–Trinajstić information content (AvgIpc) is 3.29. The molecule has 0 saturated carbocycles. The van der Waals surface area contributed by atoms with E-state index in [2.05, 4.69) is 104 Å². The lowest BCUT2D eigenvalue weighted by molar-refractivity contribution is -0.123. The Morgan fingerprint density at radius 1 is 0.397 bits per heavy atom. The number of carbonyl (C=O) groups is 1. The fraction of sp³-hybridized carbons (Fsp3) is 0.712. The van der Waals surface area contributed by atoms with Crippen LogP contribution in [0.15, 0.2) is 97.2 Å². The van der Waals surface area contributed by atoms with Crippen LogP contribution in [0.5, 0.6) is 0 Å². The van der Waals surface area contributed by atoms with Crippen LogP contribution in [-0.2, 0) is 4.79 Å². The highest BCUT2D eigenvalue weighted by molar-refractivity contribution is 5.76. The van der Waals surface area contributed by atoms with Crippen molar-refractivity contribution in [3.8, 4) is 0 Å². The van der Waals surface area contributed by atoms with Gasteiger partial charge in [-0.25, -0.2) is 0 Å². The van der Waals surface area contributed by atoms with E-state index in [9.17, 15) is 15.0 Å². The Labute approximate surface area is 392 Å². The first-order valence-corrected chi connectivity index (χ1v) is 27.0. The molecule has 2 atom stereocenters. The third kappa shape index (κ3) is 50.2. The Hall–Kier alpha value is -2.69. The number of carbonyl (C=O) groups excluding carboxylic acids is 1. The summed E-state index contributed by atoms with van der Waals surface area (Å²) >= 11 is 0. The van der Waals surface area contributed by atoms with E-state index in [1.807, 2.05) is 6.08 Å². The summed E-state index contributed by atoms with van der Waals surface area (Å²) in [7, 11) is 0. The maximum absolute atomic E-state index is 12.4. The Morgan fingerprint density at radius 2 is 0.714 bits per heavy atom. The molecule has 63 heavy (non-hydrogen) atoms. The molecule has 3 N–H and O–H groups in total. The van der Waals surface area contributed by atoms with Crippen molar-refractivity contribution in [1.29, 1.82) is 0 Å². The lowest BCUT2D eigenvalue weighted by atomic mass is 10.0. The average molecular weight is 874 g/mol. The monoisotopic (exact) mass is 874 g/mol. The van der Waals surface area contributed by atoms with E-state index in [-0.39, 0.29) is 12.5 Å². The van der Waals surface area contributed by atoms with Gasteiger partial charge >= 0.3 is 0 Å². The van der Waals surface area contributed by atoms with Gasteiger partial charge in [-0.05, 0) is 83.5 Å². The highest BCUT2D eigenvalue weighted by Crippen LogP contribution is 2.16. The molecule has 4 heteroatoms. The van der Waals surface area contributed by atoms with Crippen LogP contribution in [0.4, 0.5) is 0 Å². The van der Waals surface area contributed by atoms with Gasteiger partial charge in [0.2, 0.25) is 5.91 Å². The van der Waals surface area contributed by atoms with Crippen molar-refractivity contribution in [2.75, 3.05) is 6.61 Å². The second-order valence-electron chi connectivity index (χ2n) is 17.9. The van der Waals surface area contributed by atoms with Gasteiger partial charge in [0.05, 0.1) is 18.8 Å². The first kappa shape index (κ1) is 60.3. The topological polar surface area (TPSA) is 69.6 Å². The van der Waals surface area contributed by atoms with Crippen molar-refractivity contribution < 1.29 is 15.0 Å². The summed E-state index contributed by atoms with van der Waals surface area (Å²) in [4.78, 5) is 12.4. The van der Waals surface area contributed by atoms with Crippen molar-refractivity contribution in [2.45, 2.75) is 264 Å². The van der Waals surface area contributed by atoms with Crippen LogP contribution < -0.4 is 5.32 Å². The van der Waals surface area contributed by atoms with E-state index in [1.54, 1.807) is 6.08 Å². The molecule has 0 heterocycles. The number of hydrogen-bond donors (Lipinski definition) is 3. The van der Waals surface area contributed by atoms with Crippen LogP contribution in [0.25, 0.3) is 0 Å². The predicted molar refractivity (Wildman–Crippen MR) is 280 cm³/mol. The summed E-state index contributed by atoms with van der Waals surface area (Å²) in [6.45, 7) is 4.17. The summed E-state index contributed by atoms with van der Waals surface area (Å²) in [5, 5.41) is 23.0. The number of hydrogen-bond acceptors (Lipinski definition) is 3. The predicted octanol–water partition coefficient (Wildman–Crippen LogP) is 17.7. The third-order valence-electron chi connectivity index (χ3n) is 11.8. The van der Waals surface area contributed by atoms with Gasteiger partial charge in [-0.2, -0.15) is 0 Å². The minimum absolute atomic E-state index is 0.0752.